The zero-order chi connectivity index (χ0) is 14.3. The molecule has 19 heavy (non-hydrogen) atoms. The second-order valence-electron chi connectivity index (χ2n) is 5.38. The Morgan fingerprint density at radius 3 is 2.42 bits per heavy atom. The van der Waals surface area contributed by atoms with Crippen LogP contribution in [0, 0.1) is 5.92 Å². The minimum absolute atomic E-state index is 0.478. The molecule has 0 amide bonds. The Balaban J connectivity index is 2.43. The number of hydrogen-bond acceptors (Lipinski definition) is 3. The molecule has 106 valence electrons. The average molecular weight is 263 g/mol. The molecule has 0 bridgehead atoms. The fraction of sp³-hybridized carbons (Fsp3) is 0.500. The molecule has 1 aromatic rings. The van der Waals surface area contributed by atoms with Crippen LogP contribution >= 0.6 is 0 Å². The topological polar surface area (TPSA) is 41.5 Å². The Morgan fingerprint density at radius 1 is 1.26 bits per heavy atom. The van der Waals surface area contributed by atoms with Crippen LogP contribution in [-0.4, -0.2) is 24.8 Å². The van der Waals surface area contributed by atoms with Crippen LogP contribution in [0.2, 0.25) is 0 Å². The summed E-state index contributed by atoms with van der Waals surface area (Å²) in [6.45, 7) is 12.0. The molecule has 1 aromatic carbocycles. The Kier molecular flexibility index (Phi) is 6.60. The van der Waals surface area contributed by atoms with Gasteiger partial charge in [0.25, 0.3) is 0 Å². The van der Waals surface area contributed by atoms with Gasteiger partial charge in [0.15, 0.2) is 0 Å². The van der Waals surface area contributed by atoms with E-state index < -0.39 is 6.10 Å². The minimum Gasteiger partial charge on any atom is -0.489 e. The summed E-state index contributed by atoms with van der Waals surface area (Å²) >= 11 is 0. The van der Waals surface area contributed by atoms with Gasteiger partial charge in [-0.3, -0.25) is 0 Å². The first-order chi connectivity index (χ1) is 8.99. The largest absolute Gasteiger partial charge is 0.489 e. The van der Waals surface area contributed by atoms with E-state index in [9.17, 15) is 5.11 Å². The number of nitrogens with one attached hydrogen (secondary N) is 1. The van der Waals surface area contributed by atoms with Crippen molar-refractivity contribution in [3.8, 4) is 5.75 Å². The van der Waals surface area contributed by atoms with Gasteiger partial charge in [-0.2, -0.15) is 0 Å². The quantitative estimate of drug-likeness (QED) is 0.709. The Hall–Kier alpha value is -1.32. The Labute approximate surface area is 116 Å². The van der Waals surface area contributed by atoms with E-state index in [2.05, 4.69) is 25.7 Å². The van der Waals surface area contributed by atoms with Crippen LogP contribution in [0.15, 0.2) is 36.4 Å². The highest BCUT2D eigenvalue weighted by molar-refractivity contribution is 5.29. The van der Waals surface area contributed by atoms with Gasteiger partial charge in [-0.15, -0.1) is 0 Å². The lowest BCUT2D eigenvalue weighted by Gasteiger charge is -2.14. The van der Waals surface area contributed by atoms with E-state index in [1.54, 1.807) is 0 Å². The van der Waals surface area contributed by atoms with Crippen LogP contribution in [-0.2, 0) is 0 Å². The van der Waals surface area contributed by atoms with E-state index in [0.29, 0.717) is 19.1 Å². The van der Waals surface area contributed by atoms with Gasteiger partial charge in [-0.1, -0.05) is 32.6 Å². The maximum absolute atomic E-state index is 10.0. The van der Waals surface area contributed by atoms with Gasteiger partial charge in [0.2, 0.25) is 0 Å². The molecule has 2 N–H and O–H groups in total. The number of benzene rings is 1. The molecule has 0 spiro atoms. The molecule has 0 aromatic heterocycles. The van der Waals surface area contributed by atoms with Crippen LogP contribution in [0.25, 0.3) is 0 Å². The van der Waals surface area contributed by atoms with Crippen LogP contribution in [0.3, 0.4) is 0 Å². The summed E-state index contributed by atoms with van der Waals surface area (Å²) < 4.78 is 5.52. The van der Waals surface area contributed by atoms with Crippen LogP contribution in [0.5, 0.6) is 5.75 Å². The van der Waals surface area contributed by atoms with Crippen molar-refractivity contribution in [2.24, 2.45) is 5.92 Å². The van der Waals surface area contributed by atoms with Gasteiger partial charge in [0.05, 0.1) is 6.10 Å². The summed E-state index contributed by atoms with van der Waals surface area (Å²) in [5.74, 6) is 1.39. The zero-order valence-corrected chi connectivity index (χ0v) is 12.1. The maximum atomic E-state index is 10.0. The molecule has 0 saturated carbocycles. The van der Waals surface area contributed by atoms with Gasteiger partial charge < -0.3 is 15.2 Å². The van der Waals surface area contributed by atoms with Crippen molar-refractivity contribution in [1.29, 1.82) is 0 Å². The molecule has 0 aliphatic heterocycles. The van der Waals surface area contributed by atoms with E-state index in [1.807, 2.05) is 31.2 Å². The third kappa shape index (κ3) is 6.41. The molecule has 0 aliphatic carbocycles. The predicted molar refractivity (Wildman–Crippen MR) is 79.4 cm³/mol. The SMILES string of the molecule is C=C(C)COc1ccc(C(O)CNCC(C)C)cc1. The van der Waals surface area contributed by atoms with E-state index in [1.165, 1.54) is 0 Å². The molecular weight excluding hydrogens is 238 g/mol. The van der Waals surface area contributed by atoms with Crippen molar-refractivity contribution < 1.29 is 9.84 Å². The fourth-order valence-corrected chi connectivity index (χ4v) is 1.62. The van der Waals surface area contributed by atoms with Gasteiger partial charge in [-0.25, -0.2) is 0 Å². The van der Waals surface area contributed by atoms with E-state index in [4.69, 9.17) is 4.74 Å². The summed E-state index contributed by atoms with van der Waals surface area (Å²) in [7, 11) is 0. The molecule has 3 nitrogen and oxygen atoms in total. The van der Waals surface area contributed by atoms with Crippen LogP contribution in [0.4, 0.5) is 0 Å². The average Bonchev–Trinajstić information content (AvgIpc) is 2.36. The van der Waals surface area contributed by atoms with E-state index in [-0.39, 0.29) is 0 Å². The van der Waals surface area contributed by atoms with Crippen molar-refractivity contribution in [2.45, 2.75) is 26.9 Å². The van der Waals surface area contributed by atoms with Gasteiger partial charge in [0, 0.05) is 6.54 Å². The number of ether oxygens (including phenoxy) is 1. The van der Waals surface area contributed by atoms with E-state index in [0.717, 1.165) is 23.4 Å². The number of aliphatic hydroxyl groups is 1. The molecule has 0 aliphatic rings. The maximum Gasteiger partial charge on any atom is 0.119 e. The molecule has 0 radical (unpaired) electrons. The molecule has 0 saturated heterocycles. The Morgan fingerprint density at radius 2 is 1.89 bits per heavy atom. The second kappa shape index (κ2) is 7.97. The lowest BCUT2D eigenvalue weighted by molar-refractivity contribution is 0.173. The number of hydrogen-bond donors (Lipinski definition) is 2. The molecule has 0 heterocycles. The highest BCUT2D eigenvalue weighted by Gasteiger charge is 2.07. The summed E-state index contributed by atoms with van der Waals surface area (Å²) in [5.41, 5.74) is 1.89. The lowest BCUT2D eigenvalue weighted by Crippen LogP contribution is -2.25. The minimum atomic E-state index is -0.478. The van der Waals surface area contributed by atoms with E-state index >= 15 is 0 Å². The third-order valence-corrected chi connectivity index (χ3v) is 2.64. The molecular formula is C16H25NO2. The first kappa shape index (κ1) is 15.7. The van der Waals surface area contributed by atoms with Crippen LogP contribution in [0.1, 0.15) is 32.4 Å². The molecule has 0 fully saturated rings. The number of rotatable bonds is 8. The Bertz CT molecular complexity index is 384. The van der Waals surface area contributed by atoms with Crippen molar-refractivity contribution in [3.63, 3.8) is 0 Å². The van der Waals surface area contributed by atoms with Crippen molar-refractivity contribution in [3.05, 3.63) is 42.0 Å². The first-order valence-electron chi connectivity index (χ1n) is 6.75. The lowest BCUT2D eigenvalue weighted by atomic mass is 10.1. The highest BCUT2D eigenvalue weighted by atomic mass is 16.5. The zero-order valence-electron chi connectivity index (χ0n) is 12.1. The third-order valence-electron chi connectivity index (χ3n) is 2.64. The van der Waals surface area contributed by atoms with Crippen molar-refractivity contribution >= 4 is 0 Å². The van der Waals surface area contributed by atoms with Gasteiger partial charge >= 0.3 is 0 Å². The summed E-state index contributed by atoms with van der Waals surface area (Å²) in [4.78, 5) is 0. The van der Waals surface area contributed by atoms with Crippen molar-refractivity contribution in [1.82, 2.24) is 5.32 Å². The fourth-order valence-electron chi connectivity index (χ4n) is 1.62. The number of aliphatic hydroxyl groups excluding tert-OH is 1. The molecule has 1 unspecified atom stereocenters. The predicted octanol–water partition coefficient (Wildman–Crippen LogP) is 2.92. The highest BCUT2D eigenvalue weighted by Crippen LogP contribution is 2.17. The second-order valence-corrected chi connectivity index (χ2v) is 5.38. The molecule has 1 atom stereocenters. The smallest absolute Gasteiger partial charge is 0.119 e. The molecule has 1 rings (SSSR count). The summed E-state index contributed by atoms with van der Waals surface area (Å²) in [6, 6.07) is 7.55. The van der Waals surface area contributed by atoms with Gasteiger partial charge in [0.1, 0.15) is 12.4 Å². The summed E-state index contributed by atoms with van der Waals surface area (Å²) in [5, 5.41) is 13.3. The molecule has 3 heteroatoms. The monoisotopic (exact) mass is 263 g/mol. The van der Waals surface area contributed by atoms with Crippen LogP contribution < -0.4 is 10.1 Å². The van der Waals surface area contributed by atoms with Crippen molar-refractivity contribution in [2.75, 3.05) is 19.7 Å². The first-order valence-corrected chi connectivity index (χ1v) is 6.75. The summed E-state index contributed by atoms with van der Waals surface area (Å²) in [6.07, 6.45) is -0.478. The normalized spacial score (nSPS) is 12.5. The van der Waals surface area contributed by atoms with Gasteiger partial charge in [-0.05, 0) is 42.7 Å². The standard InChI is InChI=1S/C16H25NO2/c1-12(2)9-17-10-16(18)14-5-7-15(8-6-14)19-11-13(3)4/h5-8,12,16-18H,3,9-11H2,1-2,4H3.